The van der Waals surface area contributed by atoms with Gasteiger partial charge in [-0.25, -0.2) is 0 Å². The summed E-state index contributed by atoms with van der Waals surface area (Å²) in [6.45, 7) is 6.21. The molecular weight excluding hydrogens is 276 g/mol. The maximum Gasteiger partial charge on any atom is 0.0242 e. The molecule has 23 heavy (non-hydrogen) atoms. The average molecular weight is 302 g/mol. The first kappa shape index (κ1) is 15.9. The van der Waals surface area contributed by atoms with Gasteiger partial charge >= 0.3 is 0 Å². The summed E-state index contributed by atoms with van der Waals surface area (Å²) >= 11 is 0. The molecule has 0 aromatic heterocycles. The molecule has 1 unspecified atom stereocenters. The Morgan fingerprint density at radius 3 is 2.74 bits per heavy atom. The zero-order chi connectivity index (χ0) is 16.1. The lowest BCUT2D eigenvalue weighted by Gasteiger charge is -2.14. The van der Waals surface area contributed by atoms with E-state index in [0.29, 0.717) is 5.92 Å². The van der Waals surface area contributed by atoms with Gasteiger partial charge in [0.25, 0.3) is 0 Å². The van der Waals surface area contributed by atoms with Crippen LogP contribution in [0, 0.1) is 24.7 Å². The van der Waals surface area contributed by atoms with Gasteiger partial charge in [0.15, 0.2) is 0 Å². The Labute approximate surface area is 141 Å². The lowest BCUT2D eigenvalue weighted by Crippen LogP contribution is -1.93. The molecule has 0 radical (unpaired) electrons. The molecule has 0 heteroatoms. The number of allylic oxidation sites excluding steroid dienone is 5. The van der Waals surface area contributed by atoms with Crippen LogP contribution >= 0.6 is 0 Å². The van der Waals surface area contributed by atoms with E-state index in [-0.39, 0.29) is 0 Å². The molecule has 0 saturated heterocycles. The van der Waals surface area contributed by atoms with Crippen LogP contribution in [0.5, 0.6) is 0 Å². The highest BCUT2D eigenvalue weighted by Gasteiger charge is 2.15. The van der Waals surface area contributed by atoms with Gasteiger partial charge in [-0.2, -0.15) is 0 Å². The highest BCUT2D eigenvalue weighted by Crippen LogP contribution is 2.29. The van der Waals surface area contributed by atoms with E-state index in [4.69, 9.17) is 0 Å². The van der Waals surface area contributed by atoms with Gasteiger partial charge in [-0.05, 0) is 56.6 Å². The van der Waals surface area contributed by atoms with E-state index in [1.165, 1.54) is 40.7 Å². The molecule has 0 amide bonds. The average Bonchev–Trinajstić information content (AvgIpc) is 2.98. The van der Waals surface area contributed by atoms with Crippen molar-refractivity contribution in [2.45, 2.75) is 51.9 Å². The first-order valence-electron chi connectivity index (χ1n) is 8.82. The Morgan fingerprint density at radius 2 is 2.00 bits per heavy atom. The van der Waals surface area contributed by atoms with Gasteiger partial charge < -0.3 is 0 Å². The van der Waals surface area contributed by atoms with Crippen molar-refractivity contribution in [1.29, 1.82) is 0 Å². The van der Waals surface area contributed by atoms with Crippen LogP contribution in [-0.2, 0) is 0 Å². The number of hydrogen-bond acceptors (Lipinski definition) is 0. The molecule has 0 aliphatic heterocycles. The number of hydrogen-bond donors (Lipinski definition) is 0. The highest BCUT2D eigenvalue weighted by atomic mass is 14.2. The molecular formula is C23H26. The van der Waals surface area contributed by atoms with Crippen molar-refractivity contribution < 1.29 is 0 Å². The van der Waals surface area contributed by atoms with Crippen LogP contribution in [0.25, 0.3) is 5.57 Å². The molecule has 1 saturated carbocycles. The number of rotatable bonds is 3. The fraction of sp³-hybridized carbons (Fsp3) is 0.391. The Bertz CT molecular complexity index is 686. The van der Waals surface area contributed by atoms with Crippen molar-refractivity contribution in [1.82, 2.24) is 0 Å². The quantitative estimate of drug-likeness (QED) is 0.458. The zero-order valence-corrected chi connectivity index (χ0v) is 14.2. The predicted molar refractivity (Wildman–Crippen MR) is 100.0 cm³/mol. The fourth-order valence-corrected chi connectivity index (χ4v) is 3.41. The van der Waals surface area contributed by atoms with Gasteiger partial charge in [-0.3, -0.25) is 0 Å². The van der Waals surface area contributed by atoms with Crippen molar-refractivity contribution in [2.24, 2.45) is 5.92 Å². The summed E-state index contributed by atoms with van der Waals surface area (Å²) in [4.78, 5) is 0. The molecule has 1 aromatic rings. The van der Waals surface area contributed by atoms with Crippen LogP contribution in [-0.4, -0.2) is 0 Å². The predicted octanol–water partition coefficient (Wildman–Crippen LogP) is 6.24. The molecule has 1 aromatic carbocycles. The summed E-state index contributed by atoms with van der Waals surface area (Å²) in [5.41, 5.74) is 7.01. The molecule has 3 rings (SSSR count). The van der Waals surface area contributed by atoms with Crippen molar-refractivity contribution in [2.75, 3.05) is 0 Å². The van der Waals surface area contributed by atoms with Gasteiger partial charge in [0, 0.05) is 12.3 Å². The molecule has 0 nitrogen and oxygen atoms in total. The van der Waals surface area contributed by atoms with Crippen LogP contribution in [0.2, 0.25) is 0 Å². The summed E-state index contributed by atoms with van der Waals surface area (Å²) in [7, 11) is 0. The maximum absolute atomic E-state index is 4.06. The molecule has 1 fully saturated rings. The Kier molecular flexibility index (Phi) is 5.19. The summed E-state index contributed by atoms with van der Waals surface area (Å²) < 4.78 is 0. The third-order valence-corrected chi connectivity index (χ3v) is 4.83. The fourth-order valence-electron chi connectivity index (χ4n) is 3.41. The molecule has 1 atom stereocenters. The molecule has 2 aliphatic carbocycles. The molecule has 2 aliphatic rings. The second-order valence-corrected chi connectivity index (χ2v) is 6.86. The van der Waals surface area contributed by atoms with E-state index >= 15 is 0 Å². The monoisotopic (exact) mass is 302 g/mol. The van der Waals surface area contributed by atoms with E-state index in [9.17, 15) is 0 Å². The summed E-state index contributed by atoms with van der Waals surface area (Å²) in [5, 5.41) is 0. The van der Waals surface area contributed by atoms with Crippen molar-refractivity contribution in [3.63, 3.8) is 0 Å². The van der Waals surface area contributed by atoms with E-state index in [1.54, 1.807) is 0 Å². The molecule has 0 spiro atoms. The van der Waals surface area contributed by atoms with Crippen LogP contribution in [0.4, 0.5) is 0 Å². The third-order valence-electron chi connectivity index (χ3n) is 4.83. The van der Waals surface area contributed by atoms with Crippen LogP contribution < -0.4 is 0 Å². The lowest BCUT2D eigenvalue weighted by molar-refractivity contribution is 0.718. The molecule has 0 N–H and O–H groups in total. The lowest BCUT2D eigenvalue weighted by atomic mass is 9.91. The smallest absolute Gasteiger partial charge is 0.0242 e. The van der Waals surface area contributed by atoms with E-state index in [2.05, 4.69) is 61.8 Å². The third kappa shape index (κ3) is 4.49. The number of benzene rings is 1. The summed E-state index contributed by atoms with van der Waals surface area (Å²) in [6, 6.07) is 8.90. The Balaban J connectivity index is 1.56. The zero-order valence-electron chi connectivity index (χ0n) is 14.2. The van der Waals surface area contributed by atoms with Crippen LogP contribution in [0.15, 0.2) is 54.1 Å². The van der Waals surface area contributed by atoms with Crippen molar-refractivity contribution in [3.05, 3.63) is 65.3 Å². The summed E-state index contributed by atoms with van der Waals surface area (Å²) in [5.74, 6) is 7.41. The molecule has 118 valence electrons. The minimum absolute atomic E-state index is 0.571. The van der Waals surface area contributed by atoms with Crippen LogP contribution in [0.1, 0.15) is 56.1 Å². The van der Waals surface area contributed by atoms with Crippen LogP contribution in [0.3, 0.4) is 0 Å². The van der Waals surface area contributed by atoms with E-state index in [0.717, 1.165) is 32.1 Å². The number of aryl methyl sites for hydroxylation is 1. The largest absolute Gasteiger partial charge is 0.103 e. The van der Waals surface area contributed by atoms with E-state index in [1.807, 2.05) is 0 Å². The van der Waals surface area contributed by atoms with Crippen molar-refractivity contribution >= 4 is 5.57 Å². The molecule has 0 heterocycles. The second kappa shape index (κ2) is 7.51. The van der Waals surface area contributed by atoms with E-state index < -0.39 is 0 Å². The van der Waals surface area contributed by atoms with Crippen molar-refractivity contribution in [3.8, 4) is 11.8 Å². The minimum Gasteiger partial charge on any atom is -0.103 e. The highest BCUT2D eigenvalue weighted by molar-refractivity contribution is 5.69. The maximum atomic E-state index is 4.06. The normalized spacial score (nSPS) is 20.6. The van der Waals surface area contributed by atoms with Gasteiger partial charge in [0.2, 0.25) is 0 Å². The first-order chi connectivity index (χ1) is 11.2. The second-order valence-electron chi connectivity index (χ2n) is 6.86. The van der Waals surface area contributed by atoms with Gasteiger partial charge in [0.1, 0.15) is 0 Å². The SMILES string of the molecule is C=C1CCC(C#CCCC2=CCCC(c3ccc(C)cc3)=C2)C1. The first-order valence-corrected chi connectivity index (χ1v) is 8.82. The van der Waals surface area contributed by atoms with Gasteiger partial charge in [0.05, 0.1) is 0 Å². The Morgan fingerprint density at radius 1 is 1.17 bits per heavy atom. The summed E-state index contributed by atoms with van der Waals surface area (Å²) in [6.07, 6.45) is 12.6. The standard InChI is InChI=1S/C23H26/c1-18-11-14-22(15-12-18)23-9-5-8-20(17-23)6-3-4-7-21-13-10-19(2)16-21/h8,11-12,14-15,17,21H,2-3,5-6,9-10,13,16H2,1H3. The van der Waals surface area contributed by atoms with Gasteiger partial charge in [-0.1, -0.05) is 65.6 Å². The van der Waals surface area contributed by atoms with Gasteiger partial charge in [-0.15, -0.1) is 5.92 Å². The topological polar surface area (TPSA) is 0 Å². The molecule has 0 bridgehead atoms. The Hall–Kier alpha value is -2.00. The minimum atomic E-state index is 0.571.